The number of nitrogens with zero attached hydrogens (tertiary/aromatic N) is 3. The lowest BCUT2D eigenvalue weighted by molar-refractivity contribution is -0.123. The second-order valence-corrected chi connectivity index (χ2v) is 9.16. The molecule has 1 aromatic heterocycles. The van der Waals surface area contributed by atoms with Crippen LogP contribution in [0.4, 0.5) is 5.69 Å². The molecule has 1 atom stereocenters. The number of aromatic nitrogens is 3. The van der Waals surface area contributed by atoms with Crippen molar-refractivity contribution in [2.24, 2.45) is 0 Å². The van der Waals surface area contributed by atoms with Crippen LogP contribution in [-0.4, -0.2) is 47.4 Å². The molecule has 3 aromatic rings. The third kappa shape index (κ3) is 5.29. The zero-order chi connectivity index (χ0) is 23.5. The molecule has 0 unspecified atom stereocenters. The van der Waals surface area contributed by atoms with Crippen LogP contribution in [0.25, 0.3) is 11.0 Å². The SMILES string of the molecule is CCn1nnc2cc(C(=O)O[C@H](C)C(=O)Nc3ccc(S(=O)(=O)NC(C)C)cc3)ccc21. The highest BCUT2D eigenvalue weighted by atomic mass is 32.2. The number of amides is 1. The third-order valence-corrected chi connectivity index (χ3v) is 6.20. The standard InChI is InChI=1S/C21H25N5O5S/c1-5-26-19-11-6-15(12-18(19)23-25-26)21(28)31-14(4)20(27)22-16-7-9-17(10-8-16)32(29,30)24-13(2)3/h6-14,24H,5H2,1-4H3,(H,22,27)/t14-/m1/s1. The van der Waals surface area contributed by atoms with Crippen molar-refractivity contribution in [3.8, 4) is 0 Å². The molecular weight excluding hydrogens is 434 g/mol. The summed E-state index contributed by atoms with van der Waals surface area (Å²) in [5, 5.41) is 10.6. The topological polar surface area (TPSA) is 132 Å². The predicted molar refractivity (Wildman–Crippen MR) is 119 cm³/mol. The molecule has 3 rings (SSSR count). The Hall–Kier alpha value is -3.31. The Labute approximate surface area is 186 Å². The van der Waals surface area contributed by atoms with E-state index in [0.717, 1.165) is 5.52 Å². The van der Waals surface area contributed by atoms with E-state index in [1.165, 1.54) is 31.2 Å². The van der Waals surface area contributed by atoms with Crippen LogP contribution in [0, 0.1) is 0 Å². The number of carbonyl (C=O) groups is 2. The van der Waals surface area contributed by atoms with Crippen molar-refractivity contribution in [3.63, 3.8) is 0 Å². The minimum atomic E-state index is -3.63. The van der Waals surface area contributed by atoms with Crippen molar-refractivity contribution in [3.05, 3.63) is 48.0 Å². The van der Waals surface area contributed by atoms with Crippen LogP contribution in [0.3, 0.4) is 0 Å². The van der Waals surface area contributed by atoms with Crippen molar-refractivity contribution in [1.29, 1.82) is 0 Å². The van der Waals surface area contributed by atoms with Gasteiger partial charge in [-0.05, 0) is 70.2 Å². The first-order valence-electron chi connectivity index (χ1n) is 10.1. The van der Waals surface area contributed by atoms with Crippen molar-refractivity contribution >= 4 is 38.6 Å². The maximum atomic E-state index is 12.4. The Balaban J connectivity index is 1.62. The first-order chi connectivity index (χ1) is 15.1. The first kappa shape index (κ1) is 23.4. The summed E-state index contributed by atoms with van der Waals surface area (Å²) in [4.78, 5) is 24.9. The molecule has 10 nitrogen and oxygen atoms in total. The van der Waals surface area contributed by atoms with Gasteiger partial charge in [-0.3, -0.25) is 4.79 Å². The van der Waals surface area contributed by atoms with Crippen molar-refractivity contribution in [1.82, 2.24) is 19.7 Å². The minimum absolute atomic E-state index is 0.0825. The van der Waals surface area contributed by atoms with Crippen LogP contribution in [0.15, 0.2) is 47.4 Å². The molecule has 0 saturated carbocycles. The molecule has 0 saturated heterocycles. The summed E-state index contributed by atoms with van der Waals surface area (Å²) in [6.45, 7) is 7.48. The van der Waals surface area contributed by atoms with E-state index in [1.807, 2.05) is 6.92 Å². The molecule has 0 aliphatic heterocycles. The van der Waals surface area contributed by atoms with Gasteiger partial charge in [-0.15, -0.1) is 5.10 Å². The average molecular weight is 460 g/mol. The number of anilines is 1. The van der Waals surface area contributed by atoms with Gasteiger partial charge in [0.05, 0.1) is 16.0 Å². The van der Waals surface area contributed by atoms with E-state index >= 15 is 0 Å². The molecule has 0 spiro atoms. The number of hydrogen-bond donors (Lipinski definition) is 2. The summed E-state index contributed by atoms with van der Waals surface area (Å²) < 4.78 is 33.8. The van der Waals surface area contributed by atoms with Crippen molar-refractivity contribution in [2.75, 3.05) is 5.32 Å². The summed E-state index contributed by atoms with van der Waals surface area (Å²) in [6, 6.07) is 10.3. The summed E-state index contributed by atoms with van der Waals surface area (Å²) >= 11 is 0. The van der Waals surface area contributed by atoms with Gasteiger partial charge in [0.15, 0.2) is 6.10 Å². The molecule has 32 heavy (non-hydrogen) atoms. The molecule has 0 aliphatic carbocycles. The molecule has 0 radical (unpaired) electrons. The van der Waals surface area contributed by atoms with Gasteiger partial charge in [0.25, 0.3) is 5.91 Å². The zero-order valence-corrected chi connectivity index (χ0v) is 19.0. The van der Waals surface area contributed by atoms with E-state index in [-0.39, 0.29) is 16.5 Å². The van der Waals surface area contributed by atoms with Gasteiger partial charge in [0, 0.05) is 18.3 Å². The molecule has 2 aromatic carbocycles. The van der Waals surface area contributed by atoms with Crippen LogP contribution >= 0.6 is 0 Å². The van der Waals surface area contributed by atoms with E-state index in [0.29, 0.717) is 17.7 Å². The van der Waals surface area contributed by atoms with Gasteiger partial charge < -0.3 is 10.1 Å². The van der Waals surface area contributed by atoms with Gasteiger partial charge in [-0.2, -0.15) is 0 Å². The maximum absolute atomic E-state index is 12.4. The van der Waals surface area contributed by atoms with E-state index < -0.39 is 28.0 Å². The van der Waals surface area contributed by atoms with Crippen LogP contribution in [0.1, 0.15) is 38.1 Å². The highest BCUT2D eigenvalue weighted by Gasteiger charge is 2.21. The zero-order valence-electron chi connectivity index (χ0n) is 18.2. The molecule has 1 amide bonds. The second-order valence-electron chi connectivity index (χ2n) is 7.45. The van der Waals surface area contributed by atoms with E-state index in [9.17, 15) is 18.0 Å². The Kier molecular flexibility index (Phi) is 6.90. The summed E-state index contributed by atoms with van der Waals surface area (Å²) in [7, 11) is -3.63. The molecule has 0 fully saturated rings. The van der Waals surface area contributed by atoms with Gasteiger partial charge in [-0.25, -0.2) is 22.6 Å². The number of fused-ring (bicyclic) bond motifs is 1. The predicted octanol–water partition coefficient (Wildman–Crippen LogP) is 2.32. The lowest BCUT2D eigenvalue weighted by atomic mass is 10.2. The average Bonchev–Trinajstić information content (AvgIpc) is 3.15. The number of ether oxygens (including phenoxy) is 1. The van der Waals surface area contributed by atoms with Gasteiger partial charge >= 0.3 is 5.97 Å². The number of aryl methyl sites for hydroxylation is 1. The molecule has 2 N–H and O–H groups in total. The molecule has 0 bridgehead atoms. The Bertz CT molecular complexity index is 1240. The number of rotatable bonds is 8. The molecule has 11 heteroatoms. The highest BCUT2D eigenvalue weighted by molar-refractivity contribution is 7.89. The highest BCUT2D eigenvalue weighted by Crippen LogP contribution is 2.17. The number of nitrogens with one attached hydrogen (secondary N) is 2. The number of sulfonamides is 1. The normalized spacial score (nSPS) is 12.7. The molecule has 1 heterocycles. The lowest BCUT2D eigenvalue weighted by Crippen LogP contribution is -2.30. The van der Waals surface area contributed by atoms with Crippen molar-refractivity contribution in [2.45, 2.75) is 51.3 Å². The van der Waals surface area contributed by atoms with Crippen LogP contribution in [-0.2, 0) is 26.1 Å². The minimum Gasteiger partial charge on any atom is -0.449 e. The number of carbonyl (C=O) groups excluding carboxylic acids is 2. The summed E-state index contributed by atoms with van der Waals surface area (Å²) in [5.74, 6) is -1.21. The monoisotopic (exact) mass is 459 g/mol. The molecule has 0 aliphatic rings. The van der Waals surface area contributed by atoms with Gasteiger partial charge in [0.2, 0.25) is 10.0 Å². The van der Waals surface area contributed by atoms with Crippen LogP contribution < -0.4 is 10.0 Å². The van der Waals surface area contributed by atoms with Gasteiger partial charge in [-0.1, -0.05) is 5.21 Å². The summed E-state index contributed by atoms with van der Waals surface area (Å²) in [5.41, 5.74) is 1.98. The number of esters is 1. The Morgan fingerprint density at radius 1 is 1.09 bits per heavy atom. The maximum Gasteiger partial charge on any atom is 0.338 e. The lowest BCUT2D eigenvalue weighted by Gasteiger charge is -2.14. The van der Waals surface area contributed by atoms with E-state index in [4.69, 9.17) is 4.74 Å². The number of hydrogen-bond acceptors (Lipinski definition) is 7. The fraction of sp³-hybridized carbons (Fsp3) is 0.333. The molecule has 170 valence electrons. The smallest absolute Gasteiger partial charge is 0.338 e. The number of benzene rings is 2. The fourth-order valence-corrected chi connectivity index (χ4v) is 4.21. The van der Waals surface area contributed by atoms with Crippen LogP contribution in [0.2, 0.25) is 0 Å². The van der Waals surface area contributed by atoms with E-state index in [2.05, 4.69) is 20.4 Å². The third-order valence-electron chi connectivity index (χ3n) is 4.53. The van der Waals surface area contributed by atoms with Gasteiger partial charge in [0.1, 0.15) is 5.52 Å². The van der Waals surface area contributed by atoms with E-state index in [1.54, 1.807) is 36.7 Å². The quantitative estimate of drug-likeness (QED) is 0.494. The first-order valence-corrected chi connectivity index (χ1v) is 11.6. The van der Waals surface area contributed by atoms with Crippen molar-refractivity contribution < 1.29 is 22.7 Å². The molecular formula is C21H25N5O5S. The fourth-order valence-electron chi connectivity index (χ4n) is 2.95. The largest absolute Gasteiger partial charge is 0.449 e. The Morgan fingerprint density at radius 3 is 2.41 bits per heavy atom. The Morgan fingerprint density at radius 2 is 1.78 bits per heavy atom. The second kappa shape index (κ2) is 9.45. The van der Waals surface area contributed by atoms with Crippen LogP contribution in [0.5, 0.6) is 0 Å². The summed E-state index contributed by atoms with van der Waals surface area (Å²) in [6.07, 6.45) is -1.07.